The Morgan fingerprint density at radius 3 is 2.54 bits per heavy atom. The molecule has 5 nitrogen and oxygen atoms in total. The zero-order chi connectivity index (χ0) is 19.8. The Morgan fingerprint density at radius 1 is 1.07 bits per heavy atom. The highest BCUT2D eigenvalue weighted by molar-refractivity contribution is 6.31. The highest BCUT2D eigenvalue weighted by atomic mass is 35.5. The Labute approximate surface area is 169 Å². The number of furan rings is 1. The van der Waals surface area contributed by atoms with Crippen molar-refractivity contribution in [1.29, 1.82) is 0 Å². The van der Waals surface area contributed by atoms with Gasteiger partial charge in [0.15, 0.2) is 5.76 Å². The van der Waals surface area contributed by atoms with Gasteiger partial charge in [0, 0.05) is 21.2 Å². The minimum absolute atomic E-state index is 0.0295. The van der Waals surface area contributed by atoms with Crippen LogP contribution in [0.4, 0.5) is 4.39 Å². The van der Waals surface area contributed by atoms with E-state index in [2.05, 4.69) is 5.32 Å². The van der Waals surface area contributed by atoms with Gasteiger partial charge in [-0.05, 0) is 42.0 Å². The van der Waals surface area contributed by atoms with Crippen LogP contribution in [0.25, 0.3) is 22.5 Å². The summed E-state index contributed by atoms with van der Waals surface area (Å²) in [5.74, 6) is -0.821. The van der Waals surface area contributed by atoms with Gasteiger partial charge < -0.3 is 14.6 Å². The lowest BCUT2D eigenvalue weighted by Crippen LogP contribution is -2.29. The smallest absolute Gasteiger partial charge is 0.291 e. The molecular formula is C20H13Cl2FN2O3. The van der Waals surface area contributed by atoms with E-state index >= 15 is 0 Å². The maximum Gasteiger partial charge on any atom is 0.291 e. The summed E-state index contributed by atoms with van der Waals surface area (Å²) in [5, 5.41) is 3.27. The van der Waals surface area contributed by atoms with Crippen molar-refractivity contribution in [3.05, 3.63) is 70.2 Å². The van der Waals surface area contributed by atoms with Gasteiger partial charge in [-0.3, -0.25) is 9.59 Å². The lowest BCUT2D eigenvalue weighted by Gasteiger charge is -2.10. The van der Waals surface area contributed by atoms with E-state index in [0.29, 0.717) is 27.5 Å². The third-order valence-corrected chi connectivity index (χ3v) is 4.75. The van der Waals surface area contributed by atoms with Crippen LogP contribution in [0, 0.1) is 5.82 Å². The van der Waals surface area contributed by atoms with Gasteiger partial charge in [-0.15, -0.1) is 0 Å². The van der Waals surface area contributed by atoms with E-state index in [9.17, 15) is 14.0 Å². The van der Waals surface area contributed by atoms with Crippen molar-refractivity contribution in [2.45, 2.75) is 0 Å². The third kappa shape index (κ3) is 3.61. The lowest BCUT2D eigenvalue weighted by molar-refractivity contribution is -0.118. The number of amides is 2. The van der Waals surface area contributed by atoms with Crippen molar-refractivity contribution < 1.29 is 18.4 Å². The van der Waals surface area contributed by atoms with Gasteiger partial charge in [0.25, 0.3) is 5.91 Å². The van der Waals surface area contributed by atoms with Crippen LogP contribution >= 0.6 is 23.2 Å². The Kier molecular flexibility index (Phi) is 4.83. The second-order valence-corrected chi connectivity index (χ2v) is 7.16. The molecule has 1 aliphatic rings. The van der Waals surface area contributed by atoms with E-state index < -0.39 is 11.7 Å². The number of nitrogens with zero attached hydrogens (tertiary/aromatic N) is 1. The second-order valence-electron chi connectivity index (χ2n) is 6.28. The number of carbonyl (C=O) groups excluding carboxylic acids is 2. The summed E-state index contributed by atoms with van der Waals surface area (Å²) in [4.78, 5) is 25.5. The van der Waals surface area contributed by atoms with Crippen LogP contribution in [-0.2, 0) is 4.79 Å². The summed E-state index contributed by atoms with van der Waals surface area (Å²) < 4.78 is 19.8. The summed E-state index contributed by atoms with van der Waals surface area (Å²) in [5.41, 5.74) is 1.57. The van der Waals surface area contributed by atoms with Gasteiger partial charge in [0.05, 0.1) is 6.67 Å². The van der Waals surface area contributed by atoms with E-state index in [-0.39, 0.29) is 29.9 Å². The van der Waals surface area contributed by atoms with Crippen LogP contribution < -0.4 is 5.32 Å². The molecule has 0 atom stereocenters. The normalized spacial score (nSPS) is 13.7. The van der Waals surface area contributed by atoms with E-state index in [1.54, 1.807) is 30.3 Å². The fraction of sp³-hybridized carbons (Fsp3) is 0.100. The minimum atomic E-state index is -0.511. The Balaban J connectivity index is 1.84. The number of nitrogens with one attached hydrogen (secondary N) is 1. The van der Waals surface area contributed by atoms with Crippen LogP contribution in [0.3, 0.4) is 0 Å². The highest BCUT2D eigenvalue weighted by Crippen LogP contribution is 2.37. The van der Waals surface area contributed by atoms with Crippen molar-refractivity contribution in [2.24, 2.45) is 0 Å². The molecule has 0 spiro atoms. The third-order valence-electron chi connectivity index (χ3n) is 4.29. The molecule has 0 bridgehead atoms. The molecule has 142 valence electrons. The maximum atomic E-state index is 13.9. The summed E-state index contributed by atoms with van der Waals surface area (Å²) in [6.45, 7) is 0.0547. The standard InChI is InChI=1S/C20H13Cl2FN2O3/c21-13-3-1-2-11(4-13)19-16(12-5-14(22)7-15(23)6-12)8-17(28-19)20(27)25-9-18(26)24-10-25/h1-8H,9-10H2,(H,24,26). The number of rotatable bonds is 3. The molecule has 2 amide bonds. The molecule has 8 heteroatoms. The molecule has 1 aliphatic heterocycles. The van der Waals surface area contributed by atoms with E-state index in [0.717, 1.165) is 0 Å². The first kappa shape index (κ1) is 18.5. The fourth-order valence-corrected chi connectivity index (χ4v) is 3.44. The predicted octanol–water partition coefficient (Wildman–Crippen LogP) is 4.59. The molecule has 0 aliphatic carbocycles. The Bertz CT molecular complexity index is 1080. The van der Waals surface area contributed by atoms with Crippen LogP contribution in [-0.4, -0.2) is 29.9 Å². The number of carbonyl (C=O) groups is 2. The summed E-state index contributed by atoms with van der Waals surface area (Å²) >= 11 is 12.1. The first-order chi connectivity index (χ1) is 13.4. The molecule has 4 rings (SSSR count). The quantitative estimate of drug-likeness (QED) is 0.676. The summed E-state index contributed by atoms with van der Waals surface area (Å²) in [6, 6.07) is 12.5. The van der Waals surface area contributed by atoms with Crippen molar-refractivity contribution in [3.8, 4) is 22.5 Å². The molecule has 28 heavy (non-hydrogen) atoms. The summed E-state index contributed by atoms with van der Waals surface area (Å²) in [7, 11) is 0. The van der Waals surface area contributed by atoms with E-state index in [4.69, 9.17) is 27.6 Å². The molecule has 3 aromatic rings. The molecule has 1 aromatic heterocycles. The topological polar surface area (TPSA) is 62.6 Å². The first-order valence-corrected chi connectivity index (χ1v) is 9.08. The highest BCUT2D eigenvalue weighted by Gasteiger charge is 2.28. The molecule has 0 radical (unpaired) electrons. The molecule has 1 fully saturated rings. The number of benzene rings is 2. The molecule has 2 heterocycles. The monoisotopic (exact) mass is 418 g/mol. The lowest BCUT2D eigenvalue weighted by atomic mass is 10.0. The van der Waals surface area contributed by atoms with Crippen LogP contribution in [0.1, 0.15) is 10.6 Å². The Morgan fingerprint density at radius 2 is 1.86 bits per heavy atom. The largest absolute Gasteiger partial charge is 0.450 e. The molecule has 0 saturated carbocycles. The van der Waals surface area contributed by atoms with Crippen LogP contribution in [0.15, 0.2) is 52.9 Å². The van der Waals surface area contributed by atoms with Gasteiger partial charge in [0.1, 0.15) is 18.1 Å². The van der Waals surface area contributed by atoms with Crippen molar-refractivity contribution >= 4 is 35.0 Å². The number of hydrogen-bond acceptors (Lipinski definition) is 3. The molecule has 2 aromatic carbocycles. The van der Waals surface area contributed by atoms with Gasteiger partial charge in [-0.2, -0.15) is 0 Å². The average Bonchev–Trinajstić information content (AvgIpc) is 3.27. The van der Waals surface area contributed by atoms with Gasteiger partial charge in [0.2, 0.25) is 5.91 Å². The predicted molar refractivity (Wildman–Crippen MR) is 104 cm³/mol. The first-order valence-electron chi connectivity index (χ1n) is 8.33. The second kappa shape index (κ2) is 7.30. The fourth-order valence-electron chi connectivity index (χ4n) is 3.03. The molecule has 0 unspecified atom stereocenters. The van der Waals surface area contributed by atoms with E-state index in [1.807, 2.05) is 0 Å². The van der Waals surface area contributed by atoms with Crippen LogP contribution in [0.5, 0.6) is 0 Å². The van der Waals surface area contributed by atoms with Gasteiger partial charge in [-0.1, -0.05) is 35.3 Å². The average molecular weight is 419 g/mol. The van der Waals surface area contributed by atoms with Crippen molar-refractivity contribution in [2.75, 3.05) is 13.2 Å². The SMILES string of the molecule is O=C1CN(C(=O)c2cc(-c3cc(F)cc(Cl)c3)c(-c3cccc(Cl)c3)o2)CN1. The summed E-state index contributed by atoms with van der Waals surface area (Å²) in [6.07, 6.45) is 0. The molecule has 1 saturated heterocycles. The maximum absolute atomic E-state index is 13.9. The van der Waals surface area contributed by atoms with E-state index in [1.165, 1.54) is 23.1 Å². The van der Waals surface area contributed by atoms with Gasteiger partial charge >= 0.3 is 0 Å². The molecule has 1 N–H and O–H groups in total. The zero-order valence-electron chi connectivity index (χ0n) is 14.3. The molecular weight excluding hydrogens is 406 g/mol. The number of hydrogen-bond donors (Lipinski definition) is 1. The van der Waals surface area contributed by atoms with Crippen molar-refractivity contribution in [1.82, 2.24) is 10.2 Å². The Hall–Kier alpha value is -2.83. The van der Waals surface area contributed by atoms with Gasteiger partial charge in [-0.25, -0.2) is 4.39 Å². The zero-order valence-corrected chi connectivity index (χ0v) is 15.9. The minimum Gasteiger partial charge on any atom is -0.450 e. The number of halogens is 3. The van der Waals surface area contributed by atoms with Crippen molar-refractivity contribution in [3.63, 3.8) is 0 Å². The van der Waals surface area contributed by atoms with Crippen LogP contribution in [0.2, 0.25) is 10.0 Å².